The van der Waals surface area contributed by atoms with Gasteiger partial charge in [-0.25, -0.2) is 0 Å². The number of aliphatic carboxylic acids is 1. The molecule has 16 heavy (non-hydrogen) atoms. The fourth-order valence-electron chi connectivity index (χ4n) is 1.64. The quantitative estimate of drug-likeness (QED) is 0.675. The molecule has 1 aliphatic heterocycles. The van der Waals surface area contributed by atoms with E-state index >= 15 is 0 Å². The van der Waals surface area contributed by atoms with Gasteiger partial charge < -0.3 is 15.3 Å². The summed E-state index contributed by atoms with van der Waals surface area (Å²) in [6.45, 7) is 1.69. The first-order chi connectivity index (χ1) is 7.41. The SMILES string of the molecule is CC(CN(C)C(=O)C1CCC(=O)N1)C(=O)O. The Balaban J connectivity index is 2.47. The van der Waals surface area contributed by atoms with Gasteiger partial charge in [0.1, 0.15) is 6.04 Å². The van der Waals surface area contributed by atoms with E-state index in [0.29, 0.717) is 12.8 Å². The number of nitrogens with one attached hydrogen (secondary N) is 1. The fourth-order valence-corrected chi connectivity index (χ4v) is 1.64. The zero-order valence-electron chi connectivity index (χ0n) is 9.40. The van der Waals surface area contributed by atoms with Crippen molar-refractivity contribution in [1.29, 1.82) is 0 Å². The van der Waals surface area contributed by atoms with Crippen LogP contribution in [0.15, 0.2) is 0 Å². The van der Waals surface area contributed by atoms with Gasteiger partial charge in [-0.15, -0.1) is 0 Å². The van der Waals surface area contributed by atoms with Crippen LogP contribution in [-0.4, -0.2) is 47.4 Å². The first-order valence-corrected chi connectivity index (χ1v) is 5.19. The van der Waals surface area contributed by atoms with Crippen LogP contribution in [0.25, 0.3) is 0 Å². The molecule has 0 spiro atoms. The van der Waals surface area contributed by atoms with Crippen LogP contribution in [-0.2, 0) is 14.4 Å². The number of carbonyl (C=O) groups is 3. The summed E-state index contributed by atoms with van der Waals surface area (Å²) in [6, 6.07) is -0.488. The van der Waals surface area contributed by atoms with Gasteiger partial charge in [-0.1, -0.05) is 6.92 Å². The zero-order chi connectivity index (χ0) is 12.3. The van der Waals surface area contributed by atoms with Gasteiger partial charge in [0.05, 0.1) is 5.92 Å². The van der Waals surface area contributed by atoms with Gasteiger partial charge in [0, 0.05) is 20.0 Å². The number of carboxylic acid groups (broad SMARTS) is 1. The highest BCUT2D eigenvalue weighted by Crippen LogP contribution is 2.10. The molecule has 2 unspecified atom stereocenters. The Hall–Kier alpha value is -1.59. The highest BCUT2D eigenvalue weighted by molar-refractivity contribution is 5.90. The van der Waals surface area contributed by atoms with E-state index in [1.165, 1.54) is 4.90 Å². The summed E-state index contributed by atoms with van der Waals surface area (Å²) in [5, 5.41) is 11.3. The third kappa shape index (κ3) is 2.95. The van der Waals surface area contributed by atoms with E-state index in [1.807, 2.05) is 0 Å². The molecule has 0 saturated carbocycles. The van der Waals surface area contributed by atoms with Crippen molar-refractivity contribution in [3.8, 4) is 0 Å². The number of carboxylic acids is 1. The first kappa shape index (κ1) is 12.5. The Morgan fingerprint density at radius 1 is 1.62 bits per heavy atom. The molecule has 1 aliphatic rings. The lowest BCUT2D eigenvalue weighted by Crippen LogP contribution is -2.44. The van der Waals surface area contributed by atoms with E-state index in [0.717, 1.165) is 0 Å². The zero-order valence-corrected chi connectivity index (χ0v) is 9.40. The highest BCUT2D eigenvalue weighted by Gasteiger charge is 2.30. The Morgan fingerprint density at radius 2 is 2.25 bits per heavy atom. The maximum atomic E-state index is 11.8. The molecule has 1 saturated heterocycles. The normalized spacial score (nSPS) is 21.4. The van der Waals surface area contributed by atoms with E-state index in [4.69, 9.17) is 5.11 Å². The predicted octanol–water partition coefficient (Wildman–Crippen LogP) is -0.556. The van der Waals surface area contributed by atoms with E-state index in [-0.39, 0.29) is 18.4 Å². The molecule has 90 valence electrons. The molecular formula is C10H16N2O4. The Bertz CT molecular complexity index is 316. The summed E-state index contributed by atoms with van der Waals surface area (Å²) in [6.07, 6.45) is 0.849. The van der Waals surface area contributed by atoms with Gasteiger partial charge in [-0.3, -0.25) is 14.4 Å². The Morgan fingerprint density at radius 3 is 2.69 bits per heavy atom. The molecule has 0 aliphatic carbocycles. The van der Waals surface area contributed by atoms with Crippen molar-refractivity contribution in [3.05, 3.63) is 0 Å². The lowest BCUT2D eigenvalue weighted by Gasteiger charge is -2.22. The summed E-state index contributed by atoms with van der Waals surface area (Å²) in [4.78, 5) is 34.7. The molecule has 2 amide bonds. The van der Waals surface area contributed by atoms with Crippen LogP contribution in [0.2, 0.25) is 0 Å². The number of hydrogen-bond acceptors (Lipinski definition) is 3. The van der Waals surface area contributed by atoms with Crippen molar-refractivity contribution < 1.29 is 19.5 Å². The van der Waals surface area contributed by atoms with Crippen LogP contribution in [0.3, 0.4) is 0 Å². The standard InChI is InChI=1S/C10H16N2O4/c1-6(10(15)16)5-12(2)9(14)7-3-4-8(13)11-7/h6-7H,3-5H2,1-2H3,(H,11,13)(H,15,16). The summed E-state index contributed by atoms with van der Waals surface area (Å²) in [5.41, 5.74) is 0. The molecular weight excluding hydrogens is 212 g/mol. The van der Waals surface area contributed by atoms with E-state index < -0.39 is 17.9 Å². The minimum Gasteiger partial charge on any atom is -0.481 e. The largest absolute Gasteiger partial charge is 0.481 e. The van der Waals surface area contributed by atoms with Crippen LogP contribution in [0.1, 0.15) is 19.8 Å². The van der Waals surface area contributed by atoms with Gasteiger partial charge in [0.25, 0.3) is 0 Å². The van der Waals surface area contributed by atoms with Gasteiger partial charge in [-0.05, 0) is 6.42 Å². The van der Waals surface area contributed by atoms with Crippen molar-refractivity contribution in [2.24, 2.45) is 5.92 Å². The molecule has 2 atom stereocenters. The average Bonchev–Trinajstić information content (AvgIpc) is 2.63. The minimum atomic E-state index is -0.935. The number of nitrogens with zero attached hydrogens (tertiary/aromatic N) is 1. The second-order valence-corrected chi connectivity index (χ2v) is 4.12. The monoisotopic (exact) mass is 228 g/mol. The number of carbonyl (C=O) groups excluding carboxylic acids is 2. The third-order valence-electron chi connectivity index (χ3n) is 2.64. The van der Waals surface area contributed by atoms with Gasteiger partial charge in [0.15, 0.2) is 0 Å². The van der Waals surface area contributed by atoms with Gasteiger partial charge >= 0.3 is 5.97 Å². The van der Waals surface area contributed by atoms with Crippen LogP contribution in [0.4, 0.5) is 0 Å². The van der Waals surface area contributed by atoms with Crippen molar-refractivity contribution in [3.63, 3.8) is 0 Å². The van der Waals surface area contributed by atoms with Crippen LogP contribution >= 0.6 is 0 Å². The van der Waals surface area contributed by atoms with Crippen molar-refractivity contribution in [1.82, 2.24) is 10.2 Å². The maximum absolute atomic E-state index is 11.8. The van der Waals surface area contributed by atoms with Crippen molar-refractivity contribution >= 4 is 17.8 Å². The van der Waals surface area contributed by atoms with Crippen molar-refractivity contribution in [2.75, 3.05) is 13.6 Å². The van der Waals surface area contributed by atoms with E-state index in [1.54, 1.807) is 14.0 Å². The molecule has 1 heterocycles. The molecule has 0 aromatic heterocycles. The Kier molecular flexibility index (Phi) is 3.87. The molecule has 1 fully saturated rings. The van der Waals surface area contributed by atoms with E-state index in [9.17, 15) is 14.4 Å². The molecule has 0 aromatic rings. The number of hydrogen-bond donors (Lipinski definition) is 2. The average molecular weight is 228 g/mol. The summed E-state index contributed by atoms with van der Waals surface area (Å²) < 4.78 is 0. The van der Waals surface area contributed by atoms with Crippen molar-refractivity contribution in [2.45, 2.75) is 25.8 Å². The molecule has 0 radical (unpaired) electrons. The molecule has 1 rings (SSSR count). The first-order valence-electron chi connectivity index (χ1n) is 5.19. The topological polar surface area (TPSA) is 86.7 Å². The lowest BCUT2D eigenvalue weighted by molar-refractivity contribution is -0.143. The maximum Gasteiger partial charge on any atom is 0.308 e. The van der Waals surface area contributed by atoms with Crippen LogP contribution in [0.5, 0.6) is 0 Å². The number of amides is 2. The third-order valence-corrected chi connectivity index (χ3v) is 2.64. The molecule has 2 N–H and O–H groups in total. The summed E-state index contributed by atoms with van der Waals surface area (Å²) in [5.74, 6) is -1.89. The van der Waals surface area contributed by atoms with Crippen LogP contribution in [0, 0.1) is 5.92 Å². The Labute approximate surface area is 93.6 Å². The van der Waals surface area contributed by atoms with Gasteiger partial charge in [-0.2, -0.15) is 0 Å². The van der Waals surface area contributed by atoms with Crippen LogP contribution < -0.4 is 5.32 Å². The number of rotatable bonds is 4. The van der Waals surface area contributed by atoms with Gasteiger partial charge in [0.2, 0.25) is 11.8 Å². The molecule has 6 nitrogen and oxygen atoms in total. The predicted molar refractivity (Wildman–Crippen MR) is 55.6 cm³/mol. The lowest BCUT2D eigenvalue weighted by atomic mass is 10.1. The summed E-state index contributed by atoms with van der Waals surface area (Å²) in [7, 11) is 1.55. The smallest absolute Gasteiger partial charge is 0.308 e. The summed E-state index contributed by atoms with van der Waals surface area (Å²) >= 11 is 0. The minimum absolute atomic E-state index is 0.127. The number of likely N-dealkylation sites (N-methyl/N-ethyl adjacent to an activating group) is 1. The second kappa shape index (κ2) is 4.96. The van der Waals surface area contributed by atoms with E-state index in [2.05, 4.69) is 5.32 Å². The molecule has 6 heteroatoms. The molecule has 0 bridgehead atoms. The fraction of sp³-hybridized carbons (Fsp3) is 0.700. The molecule has 0 aromatic carbocycles. The highest BCUT2D eigenvalue weighted by atomic mass is 16.4. The second-order valence-electron chi connectivity index (χ2n) is 4.12.